The molecule has 0 unspecified atom stereocenters. The first-order valence-corrected chi connectivity index (χ1v) is 6.91. The molecule has 0 aliphatic carbocycles. The predicted octanol–water partition coefficient (Wildman–Crippen LogP) is 3.75. The van der Waals surface area contributed by atoms with Crippen LogP contribution in [0.4, 0.5) is 0 Å². The zero-order chi connectivity index (χ0) is 14.1. The number of aromatic nitrogens is 1. The number of nitrogens with zero attached hydrogens (tertiary/aromatic N) is 1. The Balaban J connectivity index is 2.17. The zero-order valence-corrected chi connectivity index (χ0v) is 12.2. The normalized spacial score (nSPS) is 15.8. The Morgan fingerprint density at radius 3 is 2.80 bits per heavy atom. The molecule has 0 fully saturated rings. The molecule has 1 aliphatic heterocycles. The van der Waals surface area contributed by atoms with Crippen LogP contribution in [-0.2, 0) is 4.74 Å². The van der Waals surface area contributed by atoms with E-state index in [-0.39, 0.29) is 0 Å². The number of aryl methyl sites for hydroxylation is 1. The first-order valence-electron chi connectivity index (χ1n) is 6.91. The van der Waals surface area contributed by atoms with Gasteiger partial charge >= 0.3 is 0 Å². The van der Waals surface area contributed by atoms with Gasteiger partial charge < -0.3 is 9.47 Å². The molecular weight excluding hydrogens is 250 g/mol. The van der Waals surface area contributed by atoms with Gasteiger partial charge in [-0.2, -0.15) is 0 Å². The van der Waals surface area contributed by atoms with Crippen molar-refractivity contribution in [1.29, 1.82) is 0 Å². The Hall–Kier alpha value is -1.87. The highest BCUT2D eigenvalue weighted by molar-refractivity contribution is 5.89. The lowest BCUT2D eigenvalue weighted by Gasteiger charge is -2.19. The maximum absolute atomic E-state index is 5.50. The van der Waals surface area contributed by atoms with Gasteiger partial charge in [0.15, 0.2) is 0 Å². The lowest BCUT2D eigenvalue weighted by molar-refractivity contribution is 0.154. The van der Waals surface area contributed by atoms with Crippen LogP contribution < -0.4 is 4.74 Å². The van der Waals surface area contributed by atoms with E-state index in [0.717, 1.165) is 42.0 Å². The Morgan fingerprint density at radius 2 is 2.05 bits per heavy atom. The number of benzene rings is 1. The smallest absolute Gasteiger partial charge is 0.130 e. The highest BCUT2D eigenvalue weighted by Gasteiger charge is 2.13. The Kier molecular flexibility index (Phi) is 3.45. The molecule has 2 aromatic rings. The van der Waals surface area contributed by atoms with E-state index in [2.05, 4.69) is 30.1 Å². The summed E-state index contributed by atoms with van der Waals surface area (Å²) in [6.07, 6.45) is 0.971. The topological polar surface area (TPSA) is 31.4 Å². The van der Waals surface area contributed by atoms with Gasteiger partial charge in [-0.25, -0.2) is 0 Å². The van der Waals surface area contributed by atoms with Gasteiger partial charge in [-0.15, -0.1) is 0 Å². The van der Waals surface area contributed by atoms with Gasteiger partial charge in [-0.05, 0) is 49.1 Å². The van der Waals surface area contributed by atoms with E-state index in [1.54, 1.807) is 7.11 Å². The maximum atomic E-state index is 5.50. The Bertz CT molecular complexity index is 689. The van der Waals surface area contributed by atoms with E-state index in [1.807, 2.05) is 13.0 Å². The van der Waals surface area contributed by atoms with Crippen molar-refractivity contribution >= 4 is 16.5 Å². The molecule has 0 radical (unpaired) electrons. The molecule has 0 bridgehead atoms. The molecule has 1 aromatic heterocycles. The van der Waals surface area contributed by atoms with Crippen LogP contribution in [0.5, 0.6) is 5.75 Å². The van der Waals surface area contributed by atoms with Crippen LogP contribution in [0.3, 0.4) is 0 Å². The molecule has 3 heteroatoms. The van der Waals surface area contributed by atoms with Crippen LogP contribution >= 0.6 is 0 Å². The zero-order valence-electron chi connectivity index (χ0n) is 12.2. The molecule has 0 saturated carbocycles. The lowest BCUT2D eigenvalue weighted by atomic mass is 9.95. The van der Waals surface area contributed by atoms with E-state index in [9.17, 15) is 0 Å². The number of pyridine rings is 1. The fourth-order valence-corrected chi connectivity index (χ4v) is 2.77. The van der Waals surface area contributed by atoms with E-state index >= 15 is 0 Å². The van der Waals surface area contributed by atoms with Gasteiger partial charge in [0.05, 0.1) is 25.8 Å². The molecule has 3 nitrogen and oxygen atoms in total. The second-order valence-electron chi connectivity index (χ2n) is 5.26. The second-order valence-corrected chi connectivity index (χ2v) is 5.26. The molecule has 0 amide bonds. The molecule has 1 aliphatic rings. The van der Waals surface area contributed by atoms with E-state index in [0.29, 0.717) is 0 Å². The third kappa shape index (κ3) is 2.29. The molecule has 1 aromatic carbocycles. The van der Waals surface area contributed by atoms with Crippen LogP contribution in [0, 0.1) is 6.92 Å². The standard InChI is InChI=1S/C17H19NO2/c1-11-10-20-7-6-14(11)13-4-5-16-15(9-13)17(19-3)8-12(2)18-16/h4-5,8-9H,6-7,10H2,1-3H3. The summed E-state index contributed by atoms with van der Waals surface area (Å²) in [6.45, 7) is 5.66. The highest BCUT2D eigenvalue weighted by atomic mass is 16.5. The summed E-state index contributed by atoms with van der Waals surface area (Å²) >= 11 is 0. The number of hydrogen-bond donors (Lipinski definition) is 0. The van der Waals surface area contributed by atoms with Crippen molar-refractivity contribution in [3.05, 3.63) is 41.1 Å². The van der Waals surface area contributed by atoms with Crippen molar-refractivity contribution in [2.24, 2.45) is 0 Å². The van der Waals surface area contributed by atoms with Gasteiger partial charge in [0.25, 0.3) is 0 Å². The van der Waals surface area contributed by atoms with E-state index in [1.165, 1.54) is 16.7 Å². The molecule has 20 heavy (non-hydrogen) atoms. The summed E-state index contributed by atoms with van der Waals surface area (Å²) in [5.74, 6) is 0.889. The number of rotatable bonds is 2. The Morgan fingerprint density at radius 1 is 1.20 bits per heavy atom. The molecule has 0 atom stereocenters. The number of ether oxygens (including phenoxy) is 2. The minimum absolute atomic E-state index is 0.733. The summed E-state index contributed by atoms with van der Waals surface area (Å²) in [4.78, 5) is 4.57. The fourth-order valence-electron chi connectivity index (χ4n) is 2.77. The average molecular weight is 269 g/mol. The summed E-state index contributed by atoms with van der Waals surface area (Å²) in [6, 6.07) is 8.40. The molecule has 0 saturated heterocycles. The monoisotopic (exact) mass is 269 g/mol. The summed E-state index contributed by atoms with van der Waals surface area (Å²) in [5, 5.41) is 1.07. The van der Waals surface area contributed by atoms with Crippen molar-refractivity contribution in [3.63, 3.8) is 0 Å². The van der Waals surface area contributed by atoms with Gasteiger partial charge in [-0.1, -0.05) is 6.07 Å². The summed E-state index contributed by atoms with van der Waals surface area (Å²) in [5.41, 5.74) is 5.91. The SMILES string of the molecule is COc1cc(C)nc2ccc(C3=C(C)COCC3)cc12. The number of hydrogen-bond acceptors (Lipinski definition) is 3. The van der Waals surface area contributed by atoms with Crippen LogP contribution in [0.25, 0.3) is 16.5 Å². The van der Waals surface area contributed by atoms with E-state index < -0.39 is 0 Å². The average Bonchev–Trinajstić information content (AvgIpc) is 2.46. The lowest BCUT2D eigenvalue weighted by Crippen LogP contribution is -2.08. The summed E-state index contributed by atoms with van der Waals surface area (Å²) in [7, 11) is 1.71. The maximum Gasteiger partial charge on any atom is 0.130 e. The first-order chi connectivity index (χ1) is 9.69. The minimum Gasteiger partial charge on any atom is -0.496 e. The van der Waals surface area contributed by atoms with Crippen molar-refractivity contribution in [2.45, 2.75) is 20.3 Å². The first kappa shape index (κ1) is 13.1. The van der Waals surface area contributed by atoms with Crippen molar-refractivity contribution in [3.8, 4) is 5.75 Å². The van der Waals surface area contributed by atoms with Gasteiger partial charge in [0.2, 0.25) is 0 Å². The molecule has 0 spiro atoms. The second kappa shape index (κ2) is 5.25. The van der Waals surface area contributed by atoms with Gasteiger partial charge in [0, 0.05) is 17.1 Å². The van der Waals surface area contributed by atoms with Gasteiger partial charge in [0.1, 0.15) is 5.75 Å². The molecular formula is C17H19NO2. The molecule has 2 heterocycles. The highest BCUT2D eigenvalue weighted by Crippen LogP contribution is 2.31. The quantitative estimate of drug-likeness (QED) is 0.832. The van der Waals surface area contributed by atoms with Crippen molar-refractivity contribution in [1.82, 2.24) is 4.98 Å². The van der Waals surface area contributed by atoms with E-state index in [4.69, 9.17) is 9.47 Å². The van der Waals surface area contributed by atoms with Crippen LogP contribution in [-0.4, -0.2) is 25.3 Å². The minimum atomic E-state index is 0.733. The third-order valence-corrected chi connectivity index (χ3v) is 3.80. The third-order valence-electron chi connectivity index (χ3n) is 3.80. The fraction of sp³-hybridized carbons (Fsp3) is 0.353. The largest absolute Gasteiger partial charge is 0.496 e. The van der Waals surface area contributed by atoms with Crippen molar-refractivity contribution < 1.29 is 9.47 Å². The van der Waals surface area contributed by atoms with Crippen molar-refractivity contribution in [2.75, 3.05) is 20.3 Å². The van der Waals surface area contributed by atoms with Gasteiger partial charge in [-0.3, -0.25) is 4.98 Å². The Labute approximate surface area is 119 Å². The molecule has 104 valence electrons. The predicted molar refractivity (Wildman–Crippen MR) is 81.1 cm³/mol. The molecule has 0 N–H and O–H groups in total. The molecule has 3 rings (SSSR count). The van der Waals surface area contributed by atoms with Crippen LogP contribution in [0.15, 0.2) is 29.8 Å². The number of methoxy groups -OCH3 is 1. The summed E-state index contributed by atoms with van der Waals surface area (Å²) < 4.78 is 11.0. The number of fused-ring (bicyclic) bond motifs is 1. The van der Waals surface area contributed by atoms with Crippen LogP contribution in [0.2, 0.25) is 0 Å². The van der Waals surface area contributed by atoms with Crippen LogP contribution in [0.1, 0.15) is 24.6 Å².